The molecule has 1 unspecified atom stereocenters. The number of hydrogen-bond donors (Lipinski definition) is 3. The molecule has 34 heavy (non-hydrogen) atoms. The minimum atomic E-state index is -1.14. The highest BCUT2D eigenvalue weighted by Crippen LogP contribution is 2.44. The van der Waals surface area contributed by atoms with Crippen molar-refractivity contribution in [1.82, 2.24) is 10.3 Å². The van der Waals surface area contributed by atoms with Crippen LogP contribution in [0.15, 0.2) is 66.9 Å². The molecule has 0 saturated carbocycles. The van der Waals surface area contributed by atoms with Gasteiger partial charge in [0.15, 0.2) is 0 Å². The van der Waals surface area contributed by atoms with Gasteiger partial charge in [-0.3, -0.25) is 4.79 Å². The molecular formula is C26H25N3O5. The number of hydrogen-bond acceptors (Lipinski definition) is 5. The van der Waals surface area contributed by atoms with Gasteiger partial charge in [0.1, 0.15) is 12.3 Å². The summed E-state index contributed by atoms with van der Waals surface area (Å²) in [5.74, 6) is -1.97. The molecule has 1 aliphatic carbocycles. The van der Waals surface area contributed by atoms with E-state index in [1.54, 1.807) is 0 Å². The maximum absolute atomic E-state index is 12.6. The van der Waals surface area contributed by atoms with Crippen LogP contribution in [0.4, 0.5) is 10.5 Å². The lowest BCUT2D eigenvalue weighted by Crippen LogP contribution is -2.36. The summed E-state index contributed by atoms with van der Waals surface area (Å²) in [7, 11) is 0. The monoisotopic (exact) mass is 459 g/mol. The molecule has 1 atom stereocenters. The second kappa shape index (κ2) is 10.2. The molecule has 0 radical (unpaired) electrons. The van der Waals surface area contributed by atoms with Crippen molar-refractivity contribution < 1.29 is 24.2 Å². The van der Waals surface area contributed by atoms with Crippen molar-refractivity contribution in [2.45, 2.75) is 19.3 Å². The number of amides is 2. The molecule has 8 nitrogen and oxygen atoms in total. The summed E-state index contributed by atoms with van der Waals surface area (Å²) in [6.07, 6.45) is 1.20. The first-order valence-corrected chi connectivity index (χ1v) is 11.1. The van der Waals surface area contributed by atoms with E-state index in [-0.39, 0.29) is 30.7 Å². The summed E-state index contributed by atoms with van der Waals surface area (Å²) in [5, 5.41) is 14.3. The number of carboxylic acids is 1. The fourth-order valence-electron chi connectivity index (χ4n) is 4.12. The Hall–Kier alpha value is -4.20. The van der Waals surface area contributed by atoms with Crippen molar-refractivity contribution in [3.05, 3.63) is 83.7 Å². The second-order valence-corrected chi connectivity index (χ2v) is 8.04. The molecule has 0 saturated heterocycles. The van der Waals surface area contributed by atoms with E-state index in [0.29, 0.717) is 12.1 Å². The van der Waals surface area contributed by atoms with Crippen molar-refractivity contribution in [1.29, 1.82) is 0 Å². The van der Waals surface area contributed by atoms with E-state index >= 15 is 0 Å². The van der Waals surface area contributed by atoms with E-state index in [4.69, 9.17) is 9.84 Å². The standard InChI is InChI=1S/C26H25N3O5/c1-2-16(24(30)29-17-11-12-23(25(31)32)27-14-17)13-28-26(33)34-15-22-20-9-5-3-7-18(20)19-8-4-6-10-21(19)22/h3-12,14,16,22H,2,13,15H2,1H3,(H,28,33)(H,29,30)(H,31,32). The number of carbonyl (C=O) groups is 3. The molecular weight excluding hydrogens is 434 g/mol. The normalized spacial score (nSPS) is 12.9. The first-order valence-electron chi connectivity index (χ1n) is 11.1. The Morgan fingerprint density at radius 2 is 1.65 bits per heavy atom. The van der Waals surface area contributed by atoms with Gasteiger partial charge in [0, 0.05) is 12.5 Å². The van der Waals surface area contributed by atoms with Gasteiger partial charge < -0.3 is 20.5 Å². The summed E-state index contributed by atoms with van der Waals surface area (Å²) < 4.78 is 5.52. The smallest absolute Gasteiger partial charge is 0.407 e. The first-order chi connectivity index (χ1) is 16.5. The zero-order valence-electron chi connectivity index (χ0n) is 18.7. The third-order valence-electron chi connectivity index (χ3n) is 5.95. The number of pyridine rings is 1. The number of aromatic carboxylic acids is 1. The van der Waals surface area contributed by atoms with Crippen molar-refractivity contribution >= 4 is 23.7 Å². The van der Waals surface area contributed by atoms with Crippen molar-refractivity contribution in [2.75, 3.05) is 18.5 Å². The van der Waals surface area contributed by atoms with Crippen LogP contribution in [0, 0.1) is 5.92 Å². The highest BCUT2D eigenvalue weighted by Gasteiger charge is 2.29. The minimum absolute atomic E-state index is 0.0373. The number of nitrogens with zero attached hydrogens (tertiary/aromatic N) is 1. The molecule has 1 aromatic heterocycles. The van der Waals surface area contributed by atoms with Crippen molar-refractivity contribution in [2.24, 2.45) is 5.92 Å². The van der Waals surface area contributed by atoms with Gasteiger partial charge in [-0.25, -0.2) is 14.6 Å². The Kier molecular flexibility index (Phi) is 6.87. The molecule has 3 N–H and O–H groups in total. The maximum atomic E-state index is 12.6. The van der Waals surface area contributed by atoms with E-state index < -0.39 is 18.0 Å². The molecule has 174 valence electrons. The second-order valence-electron chi connectivity index (χ2n) is 8.04. The lowest BCUT2D eigenvalue weighted by Gasteiger charge is -2.17. The molecule has 2 aromatic carbocycles. The molecule has 4 rings (SSSR count). The van der Waals surface area contributed by atoms with Crippen molar-refractivity contribution in [3.8, 4) is 11.1 Å². The van der Waals surface area contributed by atoms with Crippen LogP contribution in [0.25, 0.3) is 11.1 Å². The molecule has 8 heteroatoms. The average Bonchev–Trinajstić information content (AvgIpc) is 3.17. The van der Waals surface area contributed by atoms with Gasteiger partial charge in [-0.15, -0.1) is 0 Å². The third kappa shape index (κ3) is 4.91. The van der Waals surface area contributed by atoms with Gasteiger partial charge in [-0.1, -0.05) is 55.5 Å². The van der Waals surface area contributed by atoms with Gasteiger partial charge in [-0.2, -0.15) is 0 Å². The minimum Gasteiger partial charge on any atom is -0.477 e. The number of rotatable bonds is 8. The Morgan fingerprint density at radius 1 is 1.00 bits per heavy atom. The lowest BCUT2D eigenvalue weighted by atomic mass is 9.98. The molecule has 0 bridgehead atoms. The van der Waals surface area contributed by atoms with Crippen LogP contribution >= 0.6 is 0 Å². The predicted molar refractivity (Wildman–Crippen MR) is 127 cm³/mol. The predicted octanol–water partition coefficient (Wildman–Crippen LogP) is 4.28. The molecule has 3 aromatic rings. The largest absolute Gasteiger partial charge is 0.477 e. The number of alkyl carbamates (subject to hydrolysis) is 1. The van der Waals surface area contributed by atoms with Crippen LogP contribution in [0.5, 0.6) is 0 Å². The van der Waals surface area contributed by atoms with Gasteiger partial charge in [-0.05, 0) is 40.8 Å². The number of ether oxygens (including phenoxy) is 1. The fourth-order valence-corrected chi connectivity index (χ4v) is 4.12. The Labute approximate surface area is 197 Å². The molecule has 0 aliphatic heterocycles. The Morgan fingerprint density at radius 3 is 2.21 bits per heavy atom. The molecule has 1 heterocycles. The summed E-state index contributed by atoms with van der Waals surface area (Å²) in [6, 6.07) is 19.0. The molecule has 1 aliphatic rings. The van der Waals surface area contributed by atoms with E-state index in [1.165, 1.54) is 18.3 Å². The summed E-state index contributed by atoms with van der Waals surface area (Å²) >= 11 is 0. The van der Waals surface area contributed by atoms with Gasteiger partial charge in [0.05, 0.1) is 17.8 Å². The Balaban J connectivity index is 1.31. The molecule has 2 amide bonds. The van der Waals surface area contributed by atoms with Crippen LogP contribution in [-0.4, -0.2) is 41.2 Å². The SMILES string of the molecule is CCC(CNC(=O)OCC1c2ccccc2-c2ccccc21)C(=O)Nc1ccc(C(=O)O)nc1. The van der Waals surface area contributed by atoms with Crippen LogP contribution in [-0.2, 0) is 9.53 Å². The highest BCUT2D eigenvalue weighted by molar-refractivity contribution is 5.93. The van der Waals surface area contributed by atoms with Gasteiger partial charge in [0.25, 0.3) is 0 Å². The average molecular weight is 460 g/mol. The van der Waals surface area contributed by atoms with E-state index in [1.807, 2.05) is 31.2 Å². The number of anilines is 1. The summed E-state index contributed by atoms with van der Waals surface area (Å²) in [6.45, 7) is 2.15. The zero-order chi connectivity index (χ0) is 24.1. The van der Waals surface area contributed by atoms with Crippen molar-refractivity contribution in [3.63, 3.8) is 0 Å². The molecule has 0 spiro atoms. The molecule has 0 fully saturated rings. The van der Waals surface area contributed by atoms with Gasteiger partial charge in [0.2, 0.25) is 5.91 Å². The van der Waals surface area contributed by atoms with Crippen LogP contribution in [0.1, 0.15) is 40.9 Å². The van der Waals surface area contributed by atoms with Crippen LogP contribution in [0.3, 0.4) is 0 Å². The van der Waals surface area contributed by atoms with Crippen LogP contribution < -0.4 is 10.6 Å². The topological polar surface area (TPSA) is 118 Å². The number of benzene rings is 2. The number of carboxylic acid groups (broad SMARTS) is 1. The van der Waals surface area contributed by atoms with E-state index in [2.05, 4.69) is 39.9 Å². The quantitative estimate of drug-likeness (QED) is 0.463. The zero-order valence-corrected chi connectivity index (χ0v) is 18.7. The summed E-state index contributed by atoms with van der Waals surface area (Å²) in [4.78, 5) is 39.6. The number of carbonyl (C=O) groups excluding carboxylic acids is 2. The number of nitrogens with one attached hydrogen (secondary N) is 2. The summed E-state index contributed by atoms with van der Waals surface area (Å²) in [5.41, 5.74) is 4.84. The number of fused-ring (bicyclic) bond motifs is 3. The van der Waals surface area contributed by atoms with Gasteiger partial charge >= 0.3 is 12.1 Å². The first kappa shape index (κ1) is 23.0. The highest BCUT2D eigenvalue weighted by atomic mass is 16.5. The third-order valence-corrected chi connectivity index (χ3v) is 5.95. The van der Waals surface area contributed by atoms with Crippen LogP contribution in [0.2, 0.25) is 0 Å². The fraction of sp³-hybridized carbons (Fsp3) is 0.231. The Bertz CT molecular complexity index is 1160. The number of aromatic nitrogens is 1. The lowest BCUT2D eigenvalue weighted by molar-refractivity contribution is -0.119. The van der Waals surface area contributed by atoms with E-state index in [9.17, 15) is 14.4 Å². The van der Waals surface area contributed by atoms with E-state index in [0.717, 1.165) is 22.3 Å². The maximum Gasteiger partial charge on any atom is 0.407 e.